The van der Waals surface area contributed by atoms with Crippen molar-refractivity contribution >= 4 is 11.8 Å². The molecule has 2 amide bonds. The number of imide groups is 1. The molecule has 1 aromatic carbocycles. The zero-order valence-corrected chi connectivity index (χ0v) is 12.5. The maximum absolute atomic E-state index is 12.2. The third-order valence-corrected chi connectivity index (χ3v) is 3.53. The predicted molar refractivity (Wildman–Crippen MR) is 77.7 cm³/mol. The highest BCUT2D eigenvalue weighted by Gasteiger charge is 2.39. The summed E-state index contributed by atoms with van der Waals surface area (Å²) in [6, 6.07) is 6.72. The number of carbonyl (C=O) groups excluding carboxylic acids is 2. The normalized spacial score (nSPS) is 14.7. The smallest absolute Gasteiger partial charge is 0.285 e. The lowest BCUT2D eigenvalue weighted by Crippen LogP contribution is -2.39. The maximum Gasteiger partial charge on any atom is 0.285 e. The number of hydroxylamine groups is 2. The molecular weight excluding hydrogens is 270 g/mol. The molecule has 1 N–H and O–H groups in total. The van der Waals surface area contributed by atoms with Gasteiger partial charge in [0.05, 0.1) is 16.7 Å². The van der Waals surface area contributed by atoms with Gasteiger partial charge in [0.1, 0.15) is 0 Å². The van der Waals surface area contributed by atoms with Crippen molar-refractivity contribution in [3.63, 3.8) is 0 Å². The van der Waals surface area contributed by atoms with Gasteiger partial charge >= 0.3 is 0 Å². The number of aliphatic hydroxyl groups excluding tert-OH is 1. The Morgan fingerprint density at radius 1 is 1.05 bits per heavy atom. The fourth-order valence-electron chi connectivity index (χ4n) is 2.38. The molecule has 114 valence electrons. The van der Waals surface area contributed by atoms with E-state index in [0.717, 1.165) is 24.3 Å². The molecule has 1 aliphatic rings. The van der Waals surface area contributed by atoms with Gasteiger partial charge in [0, 0.05) is 6.61 Å². The molecule has 21 heavy (non-hydrogen) atoms. The van der Waals surface area contributed by atoms with E-state index in [1.807, 2.05) is 13.8 Å². The van der Waals surface area contributed by atoms with Crippen molar-refractivity contribution in [2.24, 2.45) is 0 Å². The molecule has 0 saturated heterocycles. The number of benzene rings is 1. The van der Waals surface area contributed by atoms with Gasteiger partial charge in [-0.2, -0.15) is 0 Å². The van der Waals surface area contributed by atoms with Gasteiger partial charge in [0.15, 0.2) is 0 Å². The Labute approximate surface area is 124 Å². The molecule has 0 atom stereocenters. The van der Waals surface area contributed by atoms with Crippen LogP contribution in [0.4, 0.5) is 0 Å². The monoisotopic (exact) mass is 291 g/mol. The average Bonchev–Trinajstić information content (AvgIpc) is 2.69. The third-order valence-electron chi connectivity index (χ3n) is 3.53. The lowest BCUT2D eigenvalue weighted by atomic mass is 10.0. The first-order chi connectivity index (χ1) is 9.96. The summed E-state index contributed by atoms with van der Waals surface area (Å²) >= 11 is 0. The number of aliphatic hydroxyl groups is 1. The molecule has 1 heterocycles. The quantitative estimate of drug-likeness (QED) is 0.619. The van der Waals surface area contributed by atoms with Crippen molar-refractivity contribution in [2.45, 2.75) is 45.1 Å². The minimum Gasteiger partial charge on any atom is -0.396 e. The van der Waals surface area contributed by atoms with Gasteiger partial charge in [-0.25, -0.2) is 0 Å². The first kappa shape index (κ1) is 15.7. The van der Waals surface area contributed by atoms with E-state index in [2.05, 4.69) is 0 Å². The van der Waals surface area contributed by atoms with Crippen LogP contribution in [-0.4, -0.2) is 34.2 Å². The van der Waals surface area contributed by atoms with E-state index in [0.29, 0.717) is 17.5 Å². The van der Waals surface area contributed by atoms with Crippen molar-refractivity contribution in [3.8, 4) is 0 Å². The summed E-state index contributed by atoms with van der Waals surface area (Å²) in [5.41, 5.74) is 0.167. The highest BCUT2D eigenvalue weighted by molar-refractivity contribution is 6.20. The SMILES string of the molecule is CC(C)(CCCCCO)ON1C(=O)c2ccccc2C1=O. The summed E-state index contributed by atoms with van der Waals surface area (Å²) in [6.07, 6.45) is 3.23. The maximum atomic E-state index is 12.2. The largest absolute Gasteiger partial charge is 0.396 e. The van der Waals surface area contributed by atoms with Gasteiger partial charge in [0.2, 0.25) is 0 Å². The van der Waals surface area contributed by atoms with Crippen molar-refractivity contribution in [1.82, 2.24) is 5.06 Å². The Morgan fingerprint density at radius 3 is 2.14 bits per heavy atom. The summed E-state index contributed by atoms with van der Waals surface area (Å²) < 4.78 is 0. The second kappa shape index (κ2) is 6.37. The van der Waals surface area contributed by atoms with Crippen molar-refractivity contribution in [1.29, 1.82) is 0 Å². The molecule has 5 heteroatoms. The number of fused-ring (bicyclic) bond motifs is 1. The third kappa shape index (κ3) is 3.49. The van der Waals surface area contributed by atoms with Crippen molar-refractivity contribution in [3.05, 3.63) is 35.4 Å². The fourth-order valence-corrected chi connectivity index (χ4v) is 2.38. The zero-order chi connectivity index (χ0) is 15.5. The first-order valence-corrected chi connectivity index (χ1v) is 7.24. The lowest BCUT2D eigenvalue weighted by molar-refractivity contribution is -0.176. The van der Waals surface area contributed by atoms with Crippen LogP contribution in [0.5, 0.6) is 0 Å². The number of unbranched alkanes of at least 4 members (excludes halogenated alkanes) is 2. The van der Waals surface area contributed by atoms with Gasteiger partial charge in [-0.1, -0.05) is 25.0 Å². The Morgan fingerprint density at radius 2 is 1.62 bits per heavy atom. The molecule has 0 saturated carbocycles. The van der Waals surface area contributed by atoms with Gasteiger partial charge in [0.25, 0.3) is 11.8 Å². The summed E-state index contributed by atoms with van der Waals surface area (Å²) in [6.45, 7) is 3.89. The highest BCUT2D eigenvalue weighted by atomic mass is 16.7. The van der Waals surface area contributed by atoms with Crippen molar-refractivity contribution in [2.75, 3.05) is 6.61 Å². The molecule has 5 nitrogen and oxygen atoms in total. The molecule has 0 radical (unpaired) electrons. The summed E-state index contributed by atoms with van der Waals surface area (Å²) in [7, 11) is 0. The number of rotatable bonds is 7. The molecule has 0 fully saturated rings. The van der Waals surface area contributed by atoms with E-state index in [1.54, 1.807) is 24.3 Å². The molecular formula is C16H21NO4. The van der Waals surface area contributed by atoms with Gasteiger partial charge in [-0.15, -0.1) is 5.06 Å². The van der Waals surface area contributed by atoms with E-state index >= 15 is 0 Å². The van der Waals surface area contributed by atoms with Crippen LogP contribution in [0.3, 0.4) is 0 Å². The predicted octanol–water partition coefficient (Wildman–Crippen LogP) is 2.55. The Hall–Kier alpha value is -1.72. The Kier molecular flexibility index (Phi) is 4.75. The Balaban J connectivity index is 2.00. The highest BCUT2D eigenvalue weighted by Crippen LogP contribution is 2.28. The number of carbonyl (C=O) groups is 2. The minimum absolute atomic E-state index is 0.180. The van der Waals surface area contributed by atoms with E-state index in [1.165, 1.54) is 0 Å². The molecule has 1 aromatic rings. The average molecular weight is 291 g/mol. The zero-order valence-electron chi connectivity index (χ0n) is 12.5. The van der Waals surface area contributed by atoms with E-state index in [4.69, 9.17) is 9.94 Å². The van der Waals surface area contributed by atoms with E-state index < -0.39 is 17.4 Å². The summed E-state index contributed by atoms with van der Waals surface area (Å²) in [5.74, 6) is -0.807. The molecule has 0 spiro atoms. The van der Waals surface area contributed by atoms with Gasteiger partial charge in [-0.3, -0.25) is 14.4 Å². The second-order valence-electron chi connectivity index (χ2n) is 5.84. The van der Waals surface area contributed by atoms with E-state index in [9.17, 15) is 9.59 Å². The minimum atomic E-state index is -0.608. The van der Waals surface area contributed by atoms with Crippen LogP contribution in [0, 0.1) is 0 Å². The van der Waals surface area contributed by atoms with Gasteiger partial charge in [-0.05, 0) is 38.8 Å². The number of hydrogen-bond acceptors (Lipinski definition) is 4. The topological polar surface area (TPSA) is 66.8 Å². The number of hydrogen-bond donors (Lipinski definition) is 1. The standard InChI is InChI=1S/C16H21NO4/c1-16(2,10-6-3-7-11-18)21-17-14(19)12-8-4-5-9-13(12)15(17)20/h4-5,8-9,18H,3,6-7,10-11H2,1-2H3. The molecule has 1 aliphatic heterocycles. The lowest BCUT2D eigenvalue weighted by Gasteiger charge is -2.28. The van der Waals surface area contributed by atoms with Crippen LogP contribution in [0.15, 0.2) is 24.3 Å². The van der Waals surface area contributed by atoms with Gasteiger partial charge < -0.3 is 5.11 Å². The van der Waals surface area contributed by atoms with Crippen molar-refractivity contribution < 1.29 is 19.5 Å². The summed E-state index contributed by atoms with van der Waals surface area (Å²) in [4.78, 5) is 30.1. The Bertz CT molecular complexity index is 504. The fraction of sp³-hybridized carbons (Fsp3) is 0.500. The van der Waals surface area contributed by atoms with Crippen LogP contribution in [-0.2, 0) is 4.84 Å². The van der Waals surface area contributed by atoms with Crippen LogP contribution in [0.2, 0.25) is 0 Å². The number of nitrogens with zero attached hydrogens (tertiary/aromatic N) is 1. The molecule has 0 bridgehead atoms. The molecule has 0 aromatic heterocycles. The van der Waals surface area contributed by atoms with Crippen LogP contribution in [0.1, 0.15) is 60.2 Å². The van der Waals surface area contributed by atoms with Crippen LogP contribution < -0.4 is 0 Å². The van der Waals surface area contributed by atoms with Crippen LogP contribution >= 0.6 is 0 Å². The van der Waals surface area contributed by atoms with E-state index in [-0.39, 0.29) is 6.61 Å². The summed E-state index contributed by atoms with van der Waals surface area (Å²) in [5, 5.41) is 9.64. The second-order valence-corrected chi connectivity index (χ2v) is 5.84. The molecule has 2 rings (SSSR count). The number of amides is 2. The van der Waals surface area contributed by atoms with Crippen LogP contribution in [0.25, 0.3) is 0 Å². The molecule has 0 aliphatic carbocycles. The first-order valence-electron chi connectivity index (χ1n) is 7.24. The molecule has 0 unspecified atom stereocenters.